The third kappa shape index (κ3) is 2.67. The van der Waals surface area contributed by atoms with E-state index in [2.05, 4.69) is 5.10 Å². The molecule has 0 atom stereocenters. The predicted octanol–water partition coefficient (Wildman–Crippen LogP) is 0.672. The highest BCUT2D eigenvalue weighted by Gasteiger charge is 2.08. The van der Waals surface area contributed by atoms with Gasteiger partial charge in [-0.2, -0.15) is 5.10 Å². The van der Waals surface area contributed by atoms with Gasteiger partial charge in [-0.15, -0.1) is 0 Å². The van der Waals surface area contributed by atoms with E-state index >= 15 is 0 Å². The first-order valence-electron chi connectivity index (χ1n) is 4.92. The van der Waals surface area contributed by atoms with Crippen LogP contribution in [0.3, 0.4) is 0 Å². The molecule has 1 aromatic heterocycles. The number of hydrogen-bond donors (Lipinski definition) is 1. The highest BCUT2D eigenvalue weighted by atomic mass is 16.1. The lowest BCUT2D eigenvalue weighted by Crippen LogP contribution is -2.13. The number of aromatic nitrogens is 2. The number of aryl methyl sites for hydroxylation is 2. The Morgan fingerprint density at radius 2 is 2.36 bits per heavy atom. The second-order valence-corrected chi connectivity index (χ2v) is 3.35. The Hall–Kier alpha value is -1.16. The molecule has 1 heterocycles. The summed E-state index contributed by atoms with van der Waals surface area (Å²) in [5.74, 6) is 0.183. The van der Waals surface area contributed by atoms with Gasteiger partial charge in [-0.05, 0) is 26.5 Å². The average Bonchev–Trinajstić information content (AvgIpc) is 2.46. The largest absolute Gasteiger partial charge is 0.330 e. The molecule has 14 heavy (non-hydrogen) atoms. The van der Waals surface area contributed by atoms with Crippen molar-refractivity contribution in [2.75, 3.05) is 6.54 Å². The van der Waals surface area contributed by atoms with Crippen LogP contribution in [0, 0.1) is 6.92 Å². The molecule has 0 amide bonds. The molecule has 0 aliphatic rings. The van der Waals surface area contributed by atoms with Gasteiger partial charge in [0, 0.05) is 25.1 Å². The maximum absolute atomic E-state index is 11.4. The monoisotopic (exact) mass is 195 g/mol. The van der Waals surface area contributed by atoms with Crippen LogP contribution in [-0.4, -0.2) is 22.1 Å². The smallest absolute Gasteiger partial charge is 0.140 e. The molecule has 1 rings (SSSR count). The summed E-state index contributed by atoms with van der Waals surface area (Å²) in [6.45, 7) is 5.18. The van der Waals surface area contributed by atoms with Crippen LogP contribution in [0.5, 0.6) is 0 Å². The van der Waals surface area contributed by atoms with Gasteiger partial charge in [0.2, 0.25) is 0 Å². The van der Waals surface area contributed by atoms with Crippen LogP contribution in [0.15, 0.2) is 6.07 Å². The Morgan fingerprint density at radius 3 is 2.93 bits per heavy atom. The molecule has 0 bridgehead atoms. The molecule has 4 nitrogen and oxygen atoms in total. The quantitative estimate of drug-likeness (QED) is 0.751. The molecule has 0 aliphatic carbocycles. The molecular formula is C10H17N3O. The van der Waals surface area contributed by atoms with E-state index in [4.69, 9.17) is 5.73 Å². The van der Waals surface area contributed by atoms with Crippen molar-refractivity contribution in [3.8, 4) is 0 Å². The molecule has 0 unspecified atom stereocenters. The number of Topliss-reactive ketones (excluding diaryl/α,β-unsaturated/α-hetero) is 1. The van der Waals surface area contributed by atoms with Gasteiger partial charge in [-0.1, -0.05) is 0 Å². The van der Waals surface area contributed by atoms with Crippen molar-refractivity contribution in [1.82, 2.24) is 9.78 Å². The van der Waals surface area contributed by atoms with Crippen molar-refractivity contribution in [3.63, 3.8) is 0 Å². The standard InChI is InChI=1S/C10H17N3O/c1-3-13-9(6-8(2)12-13)7-10(14)4-5-11/h6H,3-5,7,11H2,1-2H3. The lowest BCUT2D eigenvalue weighted by atomic mass is 10.1. The zero-order valence-electron chi connectivity index (χ0n) is 8.79. The number of rotatable bonds is 5. The molecule has 0 aliphatic heterocycles. The van der Waals surface area contributed by atoms with Crippen molar-refractivity contribution in [1.29, 1.82) is 0 Å². The molecule has 1 aromatic rings. The summed E-state index contributed by atoms with van der Waals surface area (Å²) < 4.78 is 1.86. The Kier molecular flexibility index (Phi) is 3.83. The van der Waals surface area contributed by atoms with E-state index in [0.717, 1.165) is 17.9 Å². The van der Waals surface area contributed by atoms with Gasteiger partial charge in [0.1, 0.15) is 5.78 Å². The van der Waals surface area contributed by atoms with E-state index in [1.807, 2.05) is 24.6 Å². The summed E-state index contributed by atoms with van der Waals surface area (Å²) in [5.41, 5.74) is 7.27. The Balaban J connectivity index is 2.70. The van der Waals surface area contributed by atoms with Crippen molar-refractivity contribution in [2.45, 2.75) is 33.2 Å². The number of nitrogens with zero attached hydrogens (tertiary/aromatic N) is 2. The van der Waals surface area contributed by atoms with Gasteiger partial charge in [0.05, 0.1) is 5.69 Å². The summed E-state index contributed by atoms with van der Waals surface area (Å²) in [6, 6.07) is 1.96. The van der Waals surface area contributed by atoms with Crippen molar-refractivity contribution in [2.24, 2.45) is 5.73 Å². The molecule has 0 spiro atoms. The zero-order valence-corrected chi connectivity index (χ0v) is 8.79. The maximum Gasteiger partial charge on any atom is 0.140 e. The highest BCUT2D eigenvalue weighted by Crippen LogP contribution is 2.05. The fourth-order valence-electron chi connectivity index (χ4n) is 1.47. The van der Waals surface area contributed by atoms with Crippen molar-refractivity contribution >= 4 is 5.78 Å². The minimum atomic E-state index is 0.183. The third-order valence-electron chi connectivity index (χ3n) is 2.09. The molecule has 4 heteroatoms. The summed E-state index contributed by atoms with van der Waals surface area (Å²) in [4.78, 5) is 11.4. The predicted molar refractivity (Wildman–Crippen MR) is 55.0 cm³/mol. The van der Waals surface area contributed by atoms with Gasteiger partial charge in [-0.25, -0.2) is 0 Å². The average molecular weight is 195 g/mol. The summed E-state index contributed by atoms with van der Waals surface area (Å²) in [6.07, 6.45) is 0.903. The molecule has 0 fully saturated rings. The maximum atomic E-state index is 11.4. The summed E-state index contributed by atoms with van der Waals surface area (Å²) in [5, 5.41) is 4.28. The van der Waals surface area contributed by atoms with Crippen LogP contribution in [0.4, 0.5) is 0 Å². The van der Waals surface area contributed by atoms with E-state index < -0.39 is 0 Å². The molecule has 0 saturated carbocycles. The van der Waals surface area contributed by atoms with Gasteiger partial charge in [-0.3, -0.25) is 9.48 Å². The highest BCUT2D eigenvalue weighted by molar-refractivity contribution is 5.80. The Morgan fingerprint density at radius 1 is 1.64 bits per heavy atom. The van der Waals surface area contributed by atoms with Gasteiger partial charge >= 0.3 is 0 Å². The third-order valence-corrected chi connectivity index (χ3v) is 2.09. The van der Waals surface area contributed by atoms with Gasteiger partial charge in [0.25, 0.3) is 0 Å². The number of nitrogens with two attached hydrogens (primary N) is 1. The molecule has 78 valence electrons. The van der Waals surface area contributed by atoms with Crippen LogP contribution in [-0.2, 0) is 17.8 Å². The van der Waals surface area contributed by atoms with E-state index in [1.165, 1.54) is 0 Å². The normalized spacial score (nSPS) is 10.5. The lowest BCUT2D eigenvalue weighted by Gasteiger charge is -2.02. The number of ketones is 1. The topological polar surface area (TPSA) is 60.9 Å². The van der Waals surface area contributed by atoms with E-state index in [0.29, 0.717) is 19.4 Å². The van der Waals surface area contributed by atoms with Crippen LogP contribution in [0.2, 0.25) is 0 Å². The fourth-order valence-corrected chi connectivity index (χ4v) is 1.47. The second kappa shape index (κ2) is 4.91. The van der Waals surface area contributed by atoms with Crippen molar-refractivity contribution < 1.29 is 4.79 Å². The molecule has 0 radical (unpaired) electrons. The van der Waals surface area contributed by atoms with Crippen molar-refractivity contribution in [3.05, 3.63) is 17.5 Å². The van der Waals surface area contributed by atoms with Crippen LogP contribution >= 0.6 is 0 Å². The van der Waals surface area contributed by atoms with Gasteiger partial charge in [0.15, 0.2) is 0 Å². The minimum Gasteiger partial charge on any atom is -0.330 e. The van der Waals surface area contributed by atoms with E-state index in [1.54, 1.807) is 0 Å². The summed E-state index contributed by atoms with van der Waals surface area (Å²) >= 11 is 0. The molecular weight excluding hydrogens is 178 g/mol. The minimum absolute atomic E-state index is 0.183. The Labute approximate surface area is 84.1 Å². The molecule has 0 saturated heterocycles. The fraction of sp³-hybridized carbons (Fsp3) is 0.600. The number of hydrogen-bond acceptors (Lipinski definition) is 3. The van der Waals surface area contributed by atoms with E-state index in [9.17, 15) is 4.79 Å². The summed E-state index contributed by atoms with van der Waals surface area (Å²) in [7, 11) is 0. The Bertz CT molecular complexity index is 317. The first-order chi connectivity index (χ1) is 6.67. The number of carbonyl (C=O) groups excluding carboxylic acids is 1. The van der Waals surface area contributed by atoms with Crippen LogP contribution in [0.1, 0.15) is 24.7 Å². The van der Waals surface area contributed by atoms with Gasteiger partial charge < -0.3 is 5.73 Å². The lowest BCUT2D eigenvalue weighted by molar-refractivity contribution is -0.118. The first-order valence-corrected chi connectivity index (χ1v) is 4.92. The van der Waals surface area contributed by atoms with Crippen LogP contribution in [0.25, 0.3) is 0 Å². The zero-order chi connectivity index (χ0) is 10.6. The second-order valence-electron chi connectivity index (χ2n) is 3.35. The van der Waals surface area contributed by atoms with E-state index in [-0.39, 0.29) is 5.78 Å². The van der Waals surface area contributed by atoms with Crippen LogP contribution < -0.4 is 5.73 Å². The molecule has 0 aromatic carbocycles. The first kappa shape index (κ1) is 10.9. The molecule has 2 N–H and O–H groups in total. The SMILES string of the molecule is CCn1nc(C)cc1CC(=O)CCN. The number of carbonyl (C=O) groups is 1.